The van der Waals surface area contributed by atoms with Crippen molar-refractivity contribution >= 4 is 23.5 Å². The lowest BCUT2D eigenvalue weighted by Gasteiger charge is -2.28. The molecule has 1 rings (SSSR count). The maximum atomic E-state index is 11.4. The monoisotopic (exact) mass is 261 g/mol. The molecule has 0 aromatic rings. The largest absolute Gasteiger partial charge is 0.334 e. The number of rotatable bonds is 6. The van der Waals surface area contributed by atoms with Gasteiger partial charge in [0.1, 0.15) is 5.78 Å². The molecule has 0 aliphatic carbocycles. The molecule has 0 unspecified atom stereocenters. The van der Waals surface area contributed by atoms with E-state index in [1.165, 1.54) is 0 Å². The van der Waals surface area contributed by atoms with Crippen LogP contribution < -0.4 is 5.32 Å². The van der Waals surface area contributed by atoms with Gasteiger partial charge in [-0.15, -0.1) is 0 Å². The Kier molecular flexibility index (Phi) is 6.54. The van der Waals surface area contributed by atoms with Crippen molar-refractivity contribution in [1.29, 1.82) is 0 Å². The van der Waals surface area contributed by atoms with Crippen LogP contribution >= 0.6 is 11.8 Å². The maximum absolute atomic E-state index is 11.4. The van der Waals surface area contributed by atoms with E-state index in [-0.39, 0.29) is 17.6 Å². The fourth-order valence-electron chi connectivity index (χ4n) is 1.46. The second-order valence-corrected chi connectivity index (χ2v) is 4.81. The Bertz CT molecular complexity index is 264. The molecule has 17 heavy (non-hydrogen) atoms. The zero-order valence-electron chi connectivity index (χ0n) is 10.2. The third-order valence-electron chi connectivity index (χ3n) is 2.51. The van der Waals surface area contributed by atoms with Crippen molar-refractivity contribution in [2.75, 3.05) is 25.2 Å². The minimum absolute atomic E-state index is 0.0929. The van der Waals surface area contributed by atoms with E-state index in [9.17, 15) is 9.59 Å². The van der Waals surface area contributed by atoms with Gasteiger partial charge in [0.2, 0.25) is 12.3 Å². The number of ketones is 1. The highest BCUT2D eigenvalue weighted by molar-refractivity contribution is 7.98. The molecule has 0 saturated carbocycles. The number of Topliss-reactive ketones (excluding diaryl/α,β-unsaturated/α-hetero) is 1. The van der Waals surface area contributed by atoms with Gasteiger partial charge in [0.05, 0.1) is 19.1 Å². The van der Waals surface area contributed by atoms with Gasteiger partial charge in [0.15, 0.2) is 0 Å². The topological polar surface area (TPSA) is 64.6 Å². The highest BCUT2D eigenvalue weighted by Gasteiger charge is 2.27. The van der Waals surface area contributed by atoms with Crippen molar-refractivity contribution in [3.05, 3.63) is 0 Å². The third kappa shape index (κ3) is 5.06. The fraction of sp³-hybridized carbons (Fsp3) is 0.818. The molecule has 1 N–H and O–H groups in total. The molecule has 1 aliphatic heterocycles. The van der Waals surface area contributed by atoms with E-state index in [1.807, 2.05) is 13.2 Å². The number of thioether (sulfide) groups is 1. The second kappa shape index (κ2) is 7.68. The standard InChI is InChI=1S/C11H19NO4S/c1-3-9(13)8-6-15-11(16-7-8)12-10(14)4-5-17-2/h8,11H,3-7H2,1-2H3,(H,12,14). The minimum Gasteiger partial charge on any atom is -0.334 e. The van der Waals surface area contributed by atoms with Gasteiger partial charge < -0.3 is 14.8 Å². The molecule has 1 aliphatic rings. The van der Waals surface area contributed by atoms with Gasteiger partial charge >= 0.3 is 0 Å². The van der Waals surface area contributed by atoms with Crippen molar-refractivity contribution in [1.82, 2.24) is 5.32 Å². The first-order chi connectivity index (χ1) is 8.17. The van der Waals surface area contributed by atoms with Crippen LogP contribution in [0.5, 0.6) is 0 Å². The van der Waals surface area contributed by atoms with Crippen LogP contribution in [0.3, 0.4) is 0 Å². The number of nitrogens with one attached hydrogen (secondary N) is 1. The van der Waals surface area contributed by atoms with Gasteiger partial charge in [0, 0.05) is 18.6 Å². The molecule has 0 aromatic carbocycles. The van der Waals surface area contributed by atoms with E-state index < -0.39 is 6.41 Å². The summed E-state index contributed by atoms with van der Waals surface area (Å²) >= 11 is 1.61. The minimum atomic E-state index is -0.703. The zero-order valence-corrected chi connectivity index (χ0v) is 11.0. The first kappa shape index (κ1) is 14.5. The summed E-state index contributed by atoms with van der Waals surface area (Å²) in [6.45, 7) is 2.46. The molecule has 98 valence electrons. The molecule has 0 spiro atoms. The van der Waals surface area contributed by atoms with Gasteiger partial charge in [-0.05, 0) is 6.26 Å². The summed E-state index contributed by atoms with van der Waals surface area (Å²) in [5.74, 6) is 0.622. The predicted molar refractivity (Wildman–Crippen MR) is 65.6 cm³/mol. The molecule has 0 radical (unpaired) electrons. The SMILES string of the molecule is CCC(=O)C1COC(NC(=O)CCSC)OC1. The van der Waals surface area contributed by atoms with E-state index in [4.69, 9.17) is 9.47 Å². The fourth-order valence-corrected chi connectivity index (χ4v) is 1.85. The van der Waals surface area contributed by atoms with E-state index in [2.05, 4.69) is 5.32 Å². The molecule has 0 aromatic heterocycles. The van der Waals surface area contributed by atoms with Gasteiger partial charge in [-0.25, -0.2) is 0 Å². The van der Waals surface area contributed by atoms with Crippen LogP contribution in [-0.4, -0.2) is 43.3 Å². The number of amides is 1. The molecule has 6 heteroatoms. The first-order valence-corrected chi connectivity index (χ1v) is 7.11. The molecule has 1 fully saturated rings. The van der Waals surface area contributed by atoms with E-state index in [1.54, 1.807) is 11.8 Å². The number of carbonyl (C=O) groups is 2. The quantitative estimate of drug-likeness (QED) is 0.765. The number of ether oxygens (including phenoxy) is 2. The summed E-state index contributed by atoms with van der Waals surface area (Å²) in [6, 6.07) is 0. The summed E-state index contributed by atoms with van der Waals surface area (Å²) < 4.78 is 10.6. The van der Waals surface area contributed by atoms with Gasteiger partial charge in [-0.1, -0.05) is 6.92 Å². The normalized spacial score (nSPS) is 24.4. The Hall–Kier alpha value is -0.590. The van der Waals surface area contributed by atoms with Crippen LogP contribution in [-0.2, 0) is 19.1 Å². The Balaban J connectivity index is 2.23. The highest BCUT2D eigenvalue weighted by atomic mass is 32.2. The van der Waals surface area contributed by atoms with Gasteiger partial charge in [-0.3, -0.25) is 9.59 Å². The Morgan fingerprint density at radius 2 is 2.00 bits per heavy atom. The summed E-state index contributed by atoms with van der Waals surface area (Å²) in [6.07, 6.45) is 2.18. The smallest absolute Gasteiger partial charge is 0.240 e. The van der Waals surface area contributed by atoms with Crippen LogP contribution in [0, 0.1) is 5.92 Å². The number of carbonyl (C=O) groups excluding carboxylic acids is 2. The van der Waals surface area contributed by atoms with Crippen molar-refractivity contribution in [3.63, 3.8) is 0 Å². The van der Waals surface area contributed by atoms with Gasteiger partial charge in [-0.2, -0.15) is 11.8 Å². The second-order valence-electron chi connectivity index (χ2n) is 3.83. The number of hydrogen-bond donors (Lipinski definition) is 1. The lowest BCUT2D eigenvalue weighted by atomic mass is 10.0. The average molecular weight is 261 g/mol. The van der Waals surface area contributed by atoms with Crippen LogP contribution in [0.2, 0.25) is 0 Å². The molecule has 0 atom stereocenters. The van der Waals surface area contributed by atoms with Crippen molar-refractivity contribution in [2.24, 2.45) is 5.92 Å². The molecule has 1 amide bonds. The predicted octanol–water partition coefficient (Wildman–Crippen LogP) is 0.781. The third-order valence-corrected chi connectivity index (χ3v) is 3.13. The molecule has 5 nitrogen and oxygen atoms in total. The van der Waals surface area contributed by atoms with Crippen LogP contribution in [0.4, 0.5) is 0 Å². The zero-order chi connectivity index (χ0) is 12.7. The van der Waals surface area contributed by atoms with E-state index in [0.717, 1.165) is 5.75 Å². The maximum Gasteiger partial charge on any atom is 0.240 e. The van der Waals surface area contributed by atoms with Crippen LogP contribution in [0.15, 0.2) is 0 Å². The Morgan fingerprint density at radius 1 is 1.35 bits per heavy atom. The average Bonchev–Trinajstić information content (AvgIpc) is 2.36. The highest BCUT2D eigenvalue weighted by Crippen LogP contribution is 2.12. The van der Waals surface area contributed by atoms with E-state index >= 15 is 0 Å². The Labute approximate surface area is 106 Å². The first-order valence-electron chi connectivity index (χ1n) is 5.71. The lowest BCUT2D eigenvalue weighted by molar-refractivity contribution is -0.214. The summed E-state index contributed by atoms with van der Waals surface area (Å²) in [4.78, 5) is 22.8. The molecule has 1 saturated heterocycles. The van der Waals surface area contributed by atoms with Crippen LogP contribution in [0.1, 0.15) is 19.8 Å². The van der Waals surface area contributed by atoms with Gasteiger partial charge in [0.25, 0.3) is 0 Å². The summed E-state index contributed by atoms with van der Waals surface area (Å²) in [5, 5.41) is 2.62. The van der Waals surface area contributed by atoms with Crippen molar-refractivity contribution < 1.29 is 19.1 Å². The summed E-state index contributed by atoms with van der Waals surface area (Å²) in [5.41, 5.74) is 0. The molecule has 0 bridgehead atoms. The summed E-state index contributed by atoms with van der Waals surface area (Å²) in [7, 11) is 0. The molecule has 1 heterocycles. The van der Waals surface area contributed by atoms with Crippen LogP contribution in [0.25, 0.3) is 0 Å². The van der Waals surface area contributed by atoms with Crippen molar-refractivity contribution in [3.8, 4) is 0 Å². The lowest BCUT2D eigenvalue weighted by Crippen LogP contribution is -2.46. The van der Waals surface area contributed by atoms with Crippen molar-refractivity contribution in [2.45, 2.75) is 26.2 Å². The molecular weight excluding hydrogens is 242 g/mol. The Morgan fingerprint density at radius 3 is 2.53 bits per heavy atom. The number of hydrogen-bond acceptors (Lipinski definition) is 5. The van der Waals surface area contributed by atoms with E-state index in [0.29, 0.717) is 26.1 Å². The molecular formula is C11H19NO4S.